The fourth-order valence-corrected chi connectivity index (χ4v) is 10.4. The summed E-state index contributed by atoms with van der Waals surface area (Å²) in [6, 6.07) is 7.04. The number of aromatic nitrogens is 5. The Hall–Kier alpha value is -4.99. The summed E-state index contributed by atoms with van der Waals surface area (Å²) < 4.78 is 35.0. The second kappa shape index (κ2) is 21.1. The average Bonchev–Trinajstić information content (AvgIpc) is 3.87. The average molecular weight is 937 g/mol. The standard InChI is InChI=1S/C47H72N10O10/c1-12-36-47(57-21-18-37(49)50-44(57)61)40(56(45(62)67-47)20-14-13-19-55-26-34(51-52-55)32-16-15-17-33(48)23-32)31(6)54(10)25-27(2)24-46(7,63-11)41(29(4)38(58)30(5)42(60)65-36)66-43-39(59)35(53(8)9)22-28(3)64-43/h15-18,21,23,26-31,35-36,39-41,43,59H,12-14,19-20,22,24-25,48H2,1-11H3,(H2,49,50,61)/t27-,28-,29+,30-,31-,35?,36-,39?,40-,41-,43+,46-,47-/m1/s1. The number of aliphatic hydroxyl groups excluding tert-OH is 1. The number of likely N-dealkylation sites (N-methyl/N-ethyl adjacent to an activating group) is 2. The van der Waals surface area contributed by atoms with Crippen molar-refractivity contribution < 1.29 is 43.2 Å². The summed E-state index contributed by atoms with van der Waals surface area (Å²) in [6.07, 6.45) is -0.0749. The molecule has 3 aromatic rings. The number of esters is 1. The van der Waals surface area contributed by atoms with E-state index in [0.29, 0.717) is 50.2 Å². The number of nitrogens with zero attached hydrogens (tertiary/aromatic N) is 8. The number of rotatable bonds is 12. The Morgan fingerprint density at radius 2 is 1.75 bits per heavy atom. The van der Waals surface area contributed by atoms with Crippen molar-refractivity contribution in [2.75, 3.05) is 52.8 Å². The molecule has 0 saturated carbocycles. The van der Waals surface area contributed by atoms with E-state index < -0.39 is 83.4 Å². The first-order valence-electron chi connectivity index (χ1n) is 23.4. The van der Waals surface area contributed by atoms with Crippen LogP contribution in [0.15, 0.2) is 47.5 Å². The molecule has 5 heterocycles. The van der Waals surface area contributed by atoms with E-state index in [4.69, 9.17) is 35.2 Å². The monoisotopic (exact) mass is 937 g/mol. The molecule has 1 amide bonds. The molecule has 2 unspecified atom stereocenters. The fraction of sp³-hybridized carbons (Fsp3) is 0.681. The summed E-state index contributed by atoms with van der Waals surface area (Å²) in [5.41, 5.74) is 10.2. The van der Waals surface area contributed by atoms with Crippen molar-refractivity contribution >= 4 is 29.4 Å². The van der Waals surface area contributed by atoms with E-state index in [0.717, 1.165) is 5.56 Å². The van der Waals surface area contributed by atoms with Gasteiger partial charge in [0.1, 0.15) is 29.6 Å². The number of amides is 1. The van der Waals surface area contributed by atoms with E-state index >= 15 is 0 Å². The number of carbonyl (C=O) groups is 3. The maximum atomic E-state index is 14.7. The third-order valence-corrected chi connectivity index (χ3v) is 14.1. The van der Waals surface area contributed by atoms with E-state index in [1.165, 1.54) is 23.8 Å². The lowest BCUT2D eigenvalue weighted by atomic mass is 9.78. The molecule has 20 nitrogen and oxygen atoms in total. The molecule has 3 saturated heterocycles. The van der Waals surface area contributed by atoms with Gasteiger partial charge in [-0.3, -0.25) is 23.7 Å². The summed E-state index contributed by atoms with van der Waals surface area (Å²) in [6.45, 7) is 13.8. The number of ketones is 1. The number of unbranched alkanes of at least 4 members (excludes halogenated alkanes) is 1. The first kappa shape index (κ1) is 51.4. The number of hydrogen-bond donors (Lipinski definition) is 3. The lowest BCUT2D eigenvalue weighted by Crippen LogP contribution is -2.65. The number of benzene rings is 1. The van der Waals surface area contributed by atoms with Gasteiger partial charge in [0.25, 0.3) is 5.72 Å². The number of nitrogens with two attached hydrogens (primary N) is 2. The molecule has 2 aromatic heterocycles. The van der Waals surface area contributed by atoms with Gasteiger partial charge in [-0.05, 0) is 105 Å². The third-order valence-electron chi connectivity index (χ3n) is 14.1. The van der Waals surface area contributed by atoms with Crippen LogP contribution in [0.2, 0.25) is 0 Å². The van der Waals surface area contributed by atoms with Gasteiger partial charge in [-0.1, -0.05) is 38.1 Å². The van der Waals surface area contributed by atoms with Gasteiger partial charge in [-0.15, -0.1) is 5.10 Å². The number of methoxy groups -OCH3 is 1. The van der Waals surface area contributed by atoms with Gasteiger partial charge in [0.2, 0.25) is 0 Å². The van der Waals surface area contributed by atoms with E-state index in [9.17, 15) is 24.3 Å². The molecule has 1 aromatic carbocycles. The number of carbonyl (C=O) groups excluding carboxylic acids is 3. The number of aryl methyl sites for hydroxylation is 1. The normalized spacial score (nSPS) is 33.8. The molecule has 3 aliphatic rings. The van der Waals surface area contributed by atoms with Gasteiger partial charge >= 0.3 is 17.8 Å². The zero-order valence-corrected chi connectivity index (χ0v) is 40.9. The number of anilines is 2. The Labute approximate surface area is 393 Å². The topological polar surface area (TPSA) is 245 Å². The molecule has 13 atom stereocenters. The van der Waals surface area contributed by atoms with Crippen LogP contribution in [-0.2, 0) is 45.5 Å². The maximum Gasteiger partial charge on any atom is 0.412 e. The lowest BCUT2D eigenvalue weighted by Gasteiger charge is -2.47. The van der Waals surface area contributed by atoms with Gasteiger partial charge in [-0.25, -0.2) is 9.59 Å². The Kier molecular flexibility index (Phi) is 16.2. The Bertz CT molecular complexity index is 2260. The highest BCUT2D eigenvalue weighted by Crippen LogP contribution is 2.44. The molecule has 370 valence electrons. The molecule has 6 rings (SSSR count). The minimum absolute atomic E-state index is 0.0485. The van der Waals surface area contributed by atoms with Crippen LogP contribution in [-0.4, -0.2) is 158 Å². The highest BCUT2D eigenvalue weighted by atomic mass is 16.7. The van der Waals surface area contributed by atoms with Crippen molar-refractivity contribution in [3.63, 3.8) is 0 Å². The largest absolute Gasteiger partial charge is 0.455 e. The number of ether oxygens (including phenoxy) is 5. The zero-order chi connectivity index (χ0) is 49.1. The van der Waals surface area contributed by atoms with Gasteiger partial charge in [0.05, 0.1) is 24.0 Å². The smallest absolute Gasteiger partial charge is 0.412 e. The van der Waals surface area contributed by atoms with Gasteiger partial charge in [0, 0.05) is 62.2 Å². The van der Waals surface area contributed by atoms with Gasteiger partial charge < -0.3 is 50.1 Å². The molecule has 3 fully saturated rings. The van der Waals surface area contributed by atoms with Crippen LogP contribution >= 0.6 is 0 Å². The van der Waals surface area contributed by atoms with E-state index in [1.54, 1.807) is 36.6 Å². The Morgan fingerprint density at radius 1 is 1.03 bits per heavy atom. The molecule has 3 aliphatic heterocycles. The quantitative estimate of drug-likeness (QED) is 0.102. The van der Waals surface area contributed by atoms with Crippen LogP contribution in [0, 0.1) is 17.8 Å². The van der Waals surface area contributed by atoms with E-state index in [-0.39, 0.29) is 36.8 Å². The predicted octanol–water partition coefficient (Wildman–Crippen LogP) is 3.36. The van der Waals surface area contributed by atoms with Crippen LogP contribution in [0.3, 0.4) is 0 Å². The lowest BCUT2D eigenvalue weighted by molar-refractivity contribution is -0.295. The van der Waals surface area contributed by atoms with E-state index in [2.05, 4.69) is 27.1 Å². The first-order valence-corrected chi connectivity index (χ1v) is 23.4. The third kappa shape index (κ3) is 10.7. The minimum atomic E-state index is -1.97. The summed E-state index contributed by atoms with van der Waals surface area (Å²) in [4.78, 5) is 67.5. The maximum absolute atomic E-state index is 14.7. The molecular weight excluding hydrogens is 865 g/mol. The number of aliphatic hydroxyl groups is 1. The molecular formula is C47H72N10O10. The summed E-state index contributed by atoms with van der Waals surface area (Å²) in [7, 11) is 7.24. The van der Waals surface area contributed by atoms with Crippen molar-refractivity contribution in [3.05, 3.63) is 53.2 Å². The van der Waals surface area contributed by atoms with Crippen LogP contribution in [0.5, 0.6) is 0 Å². The van der Waals surface area contributed by atoms with Crippen LogP contribution in [0.4, 0.5) is 16.3 Å². The number of nitrogen functional groups attached to an aromatic ring is 2. The molecule has 67 heavy (non-hydrogen) atoms. The van der Waals surface area contributed by atoms with Crippen molar-refractivity contribution in [2.24, 2.45) is 17.8 Å². The number of fused-ring (bicyclic) bond motifs is 1. The van der Waals surface area contributed by atoms with Crippen molar-refractivity contribution in [3.8, 4) is 11.3 Å². The Morgan fingerprint density at radius 3 is 2.40 bits per heavy atom. The van der Waals surface area contributed by atoms with Crippen molar-refractivity contribution in [2.45, 2.75) is 147 Å². The second-order valence-electron chi connectivity index (χ2n) is 19.3. The molecule has 5 N–H and O–H groups in total. The molecule has 0 aliphatic carbocycles. The van der Waals surface area contributed by atoms with Crippen molar-refractivity contribution in [1.82, 2.24) is 39.2 Å². The molecule has 0 bridgehead atoms. The minimum Gasteiger partial charge on any atom is -0.455 e. The van der Waals surface area contributed by atoms with E-state index in [1.807, 2.05) is 71.2 Å². The zero-order valence-electron chi connectivity index (χ0n) is 40.9. The van der Waals surface area contributed by atoms with Crippen LogP contribution < -0.4 is 17.2 Å². The molecule has 0 spiro atoms. The van der Waals surface area contributed by atoms with Crippen LogP contribution in [0.25, 0.3) is 11.3 Å². The number of Topliss-reactive ketones (excluding diaryl/α,β-unsaturated/α-hetero) is 1. The summed E-state index contributed by atoms with van der Waals surface area (Å²) in [5.74, 6) is -3.91. The number of hydrogen-bond acceptors (Lipinski definition) is 17. The SMILES string of the molecule is CC[C@H]1OC(=O)[C@H](C)C(=O)[C@H](C)[C@@H](O[C@@H]2O[C@H](C)CC(N(C)C)C2O)[C@](C)(OC)C[C@@H](C)CN(C)[C@H](C)[C@H]2N(CCCCn3cc(-c4cccc(N)c4)nn3)C(=O)O[C@]12n1ccc(N)nc1=O. The molecule has 20 heteroatoms. The highest BCUT2D eigenvalue weighted by Gasteiger charge is 2.64. The first-order chi connectivity index (χ1) is 31.6. The number of cyclic esters (lactones) is 1. The fourth-order valence-electron chi connectivity index (χ4n) is 10.4. The van der Waals surface area contributed by atoms with Crippen LogP contribution in [0.1, 0.15) is 80.6 Å². The summed E-state index contributed by atoms with van der Waals surface area (Å²) >= 11 is 0. The summed E-state index contributed by atoms with van der Waals surface area (Å²) in [5, 5.41) is 20.2. The second-order valence-corrected chi connectivity index (χ2v) is 19.3. The Balaban J connectivity index is 1.37. The highest BCUT2D eigenvalue weighted by molar-refractivity contribution is 6.00. The van der Waals surface area contributed by atoms with Gasteiger partial charge in [-0.2, -0.15) is 4.98 Å². The van der Waals surface area contributed by atoms with Crippen molar-refractivity contribution in [1.29, 1.82) is 0 Å². The van der Waals surface area contributed by atoms with Gasteiger partial charge in [0.15, 0.2) is 18.2 Å². The predicted molar refractivity (Wildman–Crippen MR) is 249 cm³/mol. The molecule has 0 radical (unpaired) electrons.